The molecule has 0 bridgehead atoms. The molecule has 3 aromatic carbocycles. The zero-order chi connectivity index (χ0) is 34.8. The van der Waals surface area contributed by atoms with E-state index in [4.69, 9.17) is 10.5 Å². The number of rotatable bonds is 8. The molecule has 3 heterocycles. The van der Waals surface area contributed by atoms with Gasteiger partial charge in [-0.3, -0.25) is 14.5 Å². The van der Waals surface area contributed by atoms with Gasteiger partial charge in [0.1, 0.15) is 0 Å². The third-order valence-electron chi connectivity index (χ3n) is 11.5. The predicted molar refractivity (Wildman–Crippen MR) is 198 cm³/mol. The van der Waals surface area contributed by atoms with Crippen LogP contribution < -0.4 is 10.6 Å². The zero-order valence-electron chi connectivity index (χ0n) is 30.2. The lowest BCUT2D eigenvalue weighted by Crippen LogP contribution is -2.58. The minimum absolute atomic E-state index is 0.0808. The number of ether oxygens (including phenoxy) is 1. The average molecular weight is 666 g/mol. The Bertz CT molecular complexity index is 1580. The number of piperidine rings is 2. The molecule has 0 atom stereocenters. The van der Waals surface area contributed by atoms with E-state index in [1.165, 1.54) is 11.3 Å². The largest absolute Gasteiger partial charge is 0.399 e. The van der Waals surface area contributed by atoms with Crippen molar-refractivity contribution in [2.24, 2.45) is 0 Å². The first-order valence-corrected chi connectivity index (χ1v) is 18.2. The molecule has 3 saturated heterocycles. The highest BCUT2D eigenvalue weighted by Gasteiger charge is 2.40. The number of hydrogen-bond acceptors (Lipinski definition) is 6. The third kappa shape index (κ3) is 7.51. The number of carbonyl (C=O) groups is 2. The summed E-state index contributed by atoms with van der Waals surface area (Å²) in [7, 11) is 0. The third-order valence-corrected chi connectivity index (χ3v) is 11.5. The van der Waals surface area contributed by atoms with E-state index in [9.17, 15) is 9.59 Å². The minimum atomic E-state index is -0.603. The first kappa shape index (κ1) is 35.0. The molecular weight excluding hydrogens is 610 g/mol. The van der Waals surface area contributed by atoms with Gasteiger partial charge in [-0.05, 0) is 107 Å². The summed E-state index contributed by atoms with van der Waals surface area (Å²) in [4.78, 5) is 36.3. The number of hydrogen-bond donors (Lipinski definition) is 1. The topological polar surface area (TPSA) is 82.4 Å². The number of carbonyl (C=O) groups excluding carboxylic acids is 2. The van der Waals surface area contributed by atoms with Crippen LogP contribution >= 0.6 is 0 Å². The van der Waals surface area contributed by atoms with E-state index in [-0.39, 0.29) is 17.4 Å². The smallest absolute Gasteiger partial charge is 0.254 e. The summed E-state index contributed by atoms with van der Waals surface area (Å²) in [5.41, 5.74) is 12.5. The highest BCUT2D eigenvalue weighted by atomic mass is 16.5. The van der Waals surface area contributed by atoms with Gasteiger partial charge in [0, 0.05) is 74.3 Å². The molecule has 2 N–H and O–H groups in total. The first-order valence-electron chi connectivity index (χ1n) is 18.2. The van der Waals surface area contributed by atoms with Gasteiger partial charge in [0.25, 0.3) is 5.91 Å². The molecule has 2 amide bonds. The zero-order valence-corrected chi connectivity index (χ0v) is 30.2. The van der Waals surface area contributed by atoms with E-state index in [1.54, 1.807) is 0 Å². The number of anilines is 2. The van der Waals surface area contributed by atoms with Gasteiger partial charge in [-0.15, -0.1) is 0 Å². The molecule has 3 fully saturated rings. The van der Waals surface area contributed by atoms with Crippen molar-refractivity contribution in [1.29, 1.82) is 0 Å². The second-order valence-electron chi connectivity index (χ2n) is 15.2. The van der Waals surface area contributed by atoms with Gasteiger partial charge in [0.2, 0.25) is 5.91 Å². The monoisotopic (exact) mass is 665 g/mol. The van der Waals surface area contributed by atoms with Gasteiger partial charge < -0.3 is 25.2 Å². The summed E-state index contributed by atoms with van der Waals surface area (Å²) in [5, 5.41) is 0. The molecular formula is C41H55N5O3. The lowest BCUT2D eigenvalue weighted by atomic mass is 9.82. The lowest BCUT2D eigenvalue weighted by Gasteiger charge is -2.50. The van der Waals surface area contributed by atoms with Crippen LogP contribution in [-0.2, 0) is 21.5 Å². The van der Waals surface area contributed by atoms with Crippen LogP contribution in [0.4, 0.5) is 11.4 Å². The molecule has 0 spiro atoms. The molecule has 3 aromatic rings. The Morgan fingerprint density at radius 2 is 1.45 bits per heavy atom. The fourth-order valence-corrected chi connectivity index (χ4v) is 8.28. The highest BCUT2D eigenvalue weighted by Crippen LogP contribution is 2.36. The van der Waals surface area contributed by atoms with Crippen LogP contribution in [0.25, 0.3) is 0 Å². The second kappa shape index (κ2) is 14.5. The van der Waals surface area contributed by atoms with E-state index < -0.39 is 5.41 Å². The molecule has 8 heteroatoms. The van der Waals surface area contributed by atoms with E-state index in [1.807, 2.05) is 49.6 Å². The maximum absolute atomic E-state index is 13.6. The standard InChI is InChI=1S/C41H55N5O3/c1-30-27-34(42)28-31(2)37(30)38(47)43-21-17-41(5,18-22-43)45-19-15-36(16-20-45)46(29-32-9-7-6-8-10-32)35-13-11-33(12-14-35)40(3,4)39(48)44-23-25-49-26-24-44/h6-14,27-28,36H,15-26,29,42H2,1-5H3. The quantitative estimate of drug-likeness (QED) is 0.289. The first-order chi connectivity index (χ1) is 23.5. The van der Waals surface area contributed by atoms with Crippen LogP contribution in [0.1, 0.15) is 79.1 Å². The number of morpholine rings is 1. The summed E-state index contributed by atoms with van der Waals surface area (Å²) in [6.45, 7) is 17.4. The number of benzene rings is 3. The van der Waals surface area contributed by atoms with Crippen molar-refractivity contribution in [3.63, 3.8) is 0 Å². The summed E-state index contributed by atoms with van der Waals surface area (Å²) in [5.74, 6) is 0.295. The Morgan fingerprint density at radius 3 is 2.04 bits per heavy atom. The maximum atomic E-state index is 13.6. The minimum Gasteiger partial charge on any atom is -0.399 e. The van der Waals surface area contributed by atoms with Gasteiger partial charge >= 0.3 is 0 Å². The van der Waals surface area contributed by atoms with Gasteiger partial charge in [-0.25, -0.2) is 0 Å². The molecule has 0 radical (unpaired) electrons. The van der Waals surface area contributed by atoms with Crippen LogP contribution in [0.3, 0.4) is 0 Å². The number of amides is 2. The summed E-state index contributed by atoms with van der Waals surface area (Å²) in [6, 6.07) is 23.7. The van der Waals surface area contributed by atoms with E-state index in [0.29, 0.717) is 38.0 Å². The fourth-order valence-electron chi connectivity index (χ4n) is 8.28. The Labute approximate surface area is 293 Å². The van der Waals surface area contributed by atoms with E-state index in [2.05, 4.69) is 71.3 Å². The second-order valence-corrected chi connectivity index (χ2v) is 15.2. The number of nitrogens with zero attached hydrogens (tertiary/aromatic N) is 4. The average Bonchev–Trinajstić information content (AvgIpc) is 3.11. The highest BCUT2D eigenvalue weighted by molar-refractivity contribution is 5.97. The number of likely N-dealkylation sites (tertiary alicyclic amines) is 2. The van der Waals surface area contributed by atoms with Crippen LogP contribution in [0.2, 0.25) is 0 Å². The normalized spacial score (nSPS) is 19.1. The molecule has 0 saturated carbocycles. The summed E-state index contributed by atoms with van der Waals surface area (Å²) in [6.07, 6.45) is 4.12. The molecule has 262 valence electrons. The number of nitrogen functional groups attached to an aromatic ring is 1. The predicted octanol–water partition coefficient (Wildman–Crippen LogP) is 6.19. The number of aryl methyl sites for hydroxylation is 2. The molecule has 6 rings (SSSR count). The van der Waals surface area contributed by atoms with E-state index in [0.717, 1.165) is 80.7 Å². The van der Waals surface area contributed by atoms with Crippen LogP contribution in [0.15, 0.2) is 66.7 Å². The Kier molecular flexibility index (Phi) is 10.4. The molecule has 0 aliphatic carbocycles. The Morgan fingerprint density at radius 1 is 0.857 bits per heavy atom. The van der Waals surface area contributed by atoms with Crippen molar-refractivity contribution in [2.75, 3.05) is 63.1 Å². The molecule has 8 nitrogen and oxygen atoms in total. The van der Waals surface area contributed by atoms with Crippen LogP contribution in [0, 0.1) is 13.8 Å². The summed E-state index contributed by atoms with van der Waals surface area (Å²) < 4.78 is 5.48. The SMILES string of the molecule is Cc1cc(N)cc(C)c1C(=O)N1CCC(C)(N2CCC(N(Cc3ccccc3)c3ccc(C(C)(C)C(=O)N4CCOCC4)cc3)CC2)CC1. The van der Waals surface area contributed by atoms with Crippen molar-refractivity contribution in [1.82, 2.24) is 14.7 Å². The van der Waals surface area contributed by atoms with Crippen molar-refractivity contribution in [3.8, 4) is 0 Å². The van der Waals surface area contributed by atoms with Gasteiger partial charge in [0.05, 0.1) is 18.6 Å². The molecule has 49 heavy (non-hydrogen) atoms. The fraction of sp³-hybridized carbons (Fsp3) is 0.512. The van der Waals surface area contributed by atoms with Gasteiger partial charge in [-0.2, -0.15) is 0 Å². The van der Waals surface area contributed by atoms with Crippen LogP contribution in [0.5, 0.6) is 0 Å². The molecule has 0 aromatic heterocycles. The van der Waals surface area contributed by atoms with Crippen molar-refractivity contribution >= 4 is 23.2 Å². The Balaban J connectivity index is 1.12. The van der Waals surface area contributed by atoms with Crippen molar-refractivity contribution < 1.29 is 14.3 Å². The lowest BCUT2D eigenvalue weighted by molar-refractivity contribution is -0.140. The maximum Gasteiger partial charge on any atom is 0.254 e. The summed E-state index contributed by atoms with van der Waals surface area (Å²) >= 11 is 0. The van der Waals surface area contributed by atoms with Crippen molar-refractivity contribution in [3.05, 3.63) is 94.5 Å². The van der Waals surface area contributed by atoms with Crippen LogP contribution in [-0.4, -0.2) is 90.6 Å². The van der Waals surface area contributed by atoms with Crippen molar-refractivity contribution in [2.45, 2.75) is 83.8 Å². The van der Waals surface area contributed by atoms with Gasteiger partial charge in [-0.1, -0.05) is 42.5 Å². The van der Waals surface area contributed by atoms with E-state index >= 15 is 0 Å². The molecule has 3 aliphatic rings. The number of nitrogens with two attached hydrogens (primary N) is 1. The van der Waals surface area contributed by atoms with Gasteiger partial charge in [0.15, 0.2) is 0 Å². The molecule has 0 unspecified atom stereocenters. The molecule has 3 aliphatic heterocycles. The Hall–Kier alpha value is -3.88.